The Morgan fingerprint density at radius 2 is 1.94 bits per heavy atom. The first-order valence-corrected chi connectivity index (χ1v) is 5.91. The van der Waals surface area contributed by atoms with Gasteiger partial charge in [0.05, 0.1) is 17.9 Å². The van der Waals surface area contributed by atoms with E-state index in [1.807, 2.05) is 31.2 Å². The van der Waals surface area contributed by atoms with Crippen molar-refractivity contribution in [1.29, 1.82) is 0 Å². The number of ether oxygens (including phenoxy) is 1. The van der Waals surface area contributed by atoms with Gasteiger partial charge in [-0.25, -0.2) is 4.79 Å². The minimum atomic E-state index is -0.291. The summed E-state index contributed by atoms with van der Waals surface area (Å²) in [6.45, 7) is 4.21. The highest BCUT2D eigenvalue weighted by atomic mass is 16.5. The molecule has 2 aromatic rings. The van der Waals surface area contributed by atoms with E-state index in [1.54, 1.807) is 25.3 Å². The molecule has 0 unspecified atom stereocenters. The molecule has 92 valence electrons. The van der Waals surface area contributed by atoms with Crippen molar-refractivity contribution >= 4 is 5.97 Å². The Bertz CT molecular complexity index is 547. The Labute approximate surface area is 106 Å². The molecule has 0 bridgehead atoms. The van der Waals surface area contributed by atoms with E-state index in [0.717, 1.165) is 16.8 Å². The lowest BCUT2D eigenvalue weighted by Gasteiger charge is -2.04. The molecule has 1 aromatic heterocycles. The maximum absolute atomic E-state index is 11.5. The zero-order valence-corrected chi connectivity index (χ0v) is 10.5. The normalized spacial score (nSPS) is 10.1. The number of aryl methyl sites for hydroxylation is 1. The molecule has 0 atom stereocenters. The zero-order chi connectivity index (χ0) is 13.0. The number of rotatable bonds is 3. The van der Waals surface area contributed by atoms with Gasteiger partial charge in [0.2, 0.25) is 0 Å². The van der Waals surface area contributed by atoms with Crippen LogP contribution in [0.15, 0.2) is 42.6 Å². The van der Waals surface area contributed by atoms with Crippen LogP contribution < -0.4 is 0 Å². The fourth-order valence-corrected chi connectivity index (χ4v) is 1.69. The number of carbonyl (C=O) groups is 1. The van der Waals surface area contributed by atoms with E-state index in [0.29, 0.717) is 12.2 Å². The van der Waals surface area contributed by atoms with E-state index in [-0.39, 0.29) is 5.97 Å². The van der Waals surface area contributed by atoms with Crippen molar-refractivity contribution in [2.75, 3.05) is 6.61 Å². The molecule has 3 nitrogen and oxygen atoms in total. The van der Waals surface area contributed by atoms with E-state index in [2.05, 4.69) is 4.98 Å². The predicted molar refractivity (Wildman–Crippen MR) is 70.4 cm³/mol. The number of carbonyl (C=O) groups excluding carboxylic acids is 1. The van der Waals surface area contributed by atoms with Gasteiger partial charge in [0.15, 0.2) is 0 Å². The fourth-order valence-electron chi connectivity index (χ4n) is 1.69. The molecular weight excluding hydrogens is 226 g/mol. The number of benzene rings is 1. The molecule has 3 heteroatoms. The van der Waals surface area contributed by atoms with Gasteiger partial charge in [0.25, 0.3) is 0 Å². The van der Waals surface area contributed by atoms with Crippen LogP contribution in [-0.2, 0) is 4.74 Å². The molecule has 2 rings (SSSR count). The molecule has 1 heterocycles. The topological polar surface area (TPSA) is 39.2 Å². The quantitative estimate of drug-likeness (QED) is 0.774. The summed E-state index contributed by atoms with van der Waals surface area (Å²) in [7, 11) is 0. The number of nitrogens with zero attached hydrogens (tertiary/aromatic N) is 1. The van der Waals surface area contributed by atoms with Crippen molar-refractivity contribution in [2.45, 2.75) is 13.8 Å². The Balaban J connectivity index is 2.25. The summed E-state index contributed by atoms with van der Waals surface area (Å²) in [5.74, 6) is -0.291. The number of pyridine rings is 1. The highest BCUT2D eigenvalue weighted by Gasteiger charge is 2.06. The molecule has 0 amide bonds. The molecule has 0 radical (unpaired) electrons. The summed E-state index contributed by atoms with van der Waals surface area (Å²) < 4.78 is 4.94. The van der Waals surface area contributed by atoms with E-state index in [1.165, 1.54) is 0 Å². The summed E-state index contributed by atoms with van der Waals surface area (Å²) in [6.07, 6.45) is 1.78. The lowest BCUT2D eigenvalue weighted by Crippen LogP contribution is -2.04. The first-order valence-electron chi connectivity index (χ1n) is 5.91. The molecule has 0 fully saturated rings. The van der Waals surface area contributed by atoms with Gasteiger partial charge < -0.3 is 4.74 Å². The minimum absolute atomic E-state index is 0.291. The predicted octanol–water partition coefficient (Wildman–Crippen LogP) is 3.23. The second kappa shape index (κ2) is 5.45. The third-order valence-electron chi connectivity index (χ3n) is 2.61. The van der Waals surface area contributed by atoms with E-state index < -0.39 is 0 Å². The van der Waals surface area contributed by atoms with Crippen LogP contribution >= 0.6 is 0 Å². The highest BCUT2D eigenvalue weighted by molar-refractivity contribution is 5.89. The van der Waals surface area contributed by atoms with Crippen LogP contribution in [0.3, 0.4) is 0 Å². The van der Waals surface area contributed by atoms with Gasteiger partial charge in [0, 0.05) is 11.8 Å². The maximum Gasteiger partial charge on any atom is 0.338 e. The number of hydrogen-bond acceptors (Lipinski definition) is 3. The highest BCUT2D eigenvalue weighted by Crippen LogP contribution is 2.18. The zero-order valence-electron chi connectivity index (χ0n) is 10.5. The van der Waals surface area contributed by atoms with Crippen molar-refractivity contribution in [3.8, 4) is 11.3 Å². The van der Waals surface area contributed by atoms with Gasteiger partial charge in [-0.2, -0.15) is 0 Å². The van der Waals surface area contributed by atoms with Crippen molar-refractivity contribution in [1.82, 2.24) is 4.98 Å². The first-order chi connectivity index (χ1) is 8.70. The fraction of sp³-hybridized carbons (Fsp3) is 0.200. The van der Waals surface area contributed by atoms with E-state index in [9.17, 15) is 4.79 Å². The Morgan fingerprint density at radius 3 is 2.56 bits per heavy atom. The molecule has 0 saturated heterocycles. The van der Waals surface area contributed by atoms with Crippen molar-refractivity contribution in [3.63, 3.8) is 0 Å². The van der Waals surface area contributed by atoms with Crippen LogP contribution in [-0.4, -0.2) is 17.6 Å². The smallest absolute Gasteiger partial charge is 0.338 e. The average molecular weight is 241 g/mol. The summed E-state index contributed by atoms with van der Waals surface area (Å²) >= 11 is 0. The second-order valence-electron chi connectivity index (χ2n) is 4.02. The van der Waals surface area contributed by atoms with Gasteiger partial charge in [-0.05, 0) is 43.7 Å². The number of aromatic nitrogens is 1. The molecule has 0 aliphatic rings. The summed E-state index contributed by atoms with van der Waals surface area (Å²) in [6, 6.07) is 11.3. The van der Waals surface area contributed by atoms with Gasteiger partial charge >= 0.3 is 5.97 Å². The number of esters is 1. The Morgan fingerprint density at radius 1 is 1.22 bits per heavy atom. The van der Waals surface area contributed by atoms with Crippen LogP contribution in [0, 0.1) is 6.92 Å². The first kappa shape index (κ1) is 12.3. The van der Waals surface area contributed by atoms with Gasteiger partial charge in [0.1, 0.15) is 0 Å². The molecule has 0 aliphatic heterocycles. The third-order valence-corrected chi connectivity index (χ3v) is 2.61. The van der Waals surface area contributed by atoms with Gasteiger partial charge in [-0.3, -0.25) is 4.98 Å². The van der Waals surface area contributed by atoms with Crippen molar-refractivity contribution in [3.05, 3.63) is 53.7 Å². The summed E-state index contributed by atoms with van der Waals surface area (Å²) in [5, 5.41) is 0. The van der Waals surface area contributed by atoms with Crippen LogP contribution in [0.5, 0.6) is 0 Å². The lowest BCUT2D eigenvalue weighted by atomic mass is 10.1. The average Bonchev–Trinajstić information content (AvgIpc) is 2.39. The lowest BCUT2D eigenvalue weighted by molar-refractivity contribution is 0.0526. The maximum atomic E-state index is 11.5. The molecule has 0 saturated carbocycles. The van der Waals surface area contributed by atoms with Gasteiger partial charge in [-0.15, -0.1) is 0 Å². The monoisotopic (exact) mass is 241 g/mol. The summed E-state index contributed by atoms with van der Waals surface area (Å²) in [4.78, 5) is 15.8. The van der Waals surface area contributed by atoms with E-state index >= 15 is 0 Å². The Hall–Kier alpha value is -2.16. The van der Waals surface area contributed by atoms with E-state index in [4.69, 9.17) is 4.74 Å². The van der Waals surface area contributed by atoms with Crippen molar-refractivity contribution in [2.24, 2.45) is 0 Å². The standard InChI is InChI=1S/C15H15NO2/c1-3-18-15(17)13-6-4-12(5-7-13)14-10-11(2)8-9-16-14/h4-10H,3H2,1-2H3. The summed E-state index contributed by atoms with van der Waals surface area (Å²) in [5.41, 5.74) is 3.62. The Kier molecular flexibility index (Phi) is 3.72. The molecular formula is C15H15NO2. The SMILES string of the molecule is CCOC(=O)c1ccc(-c2cc(C)ccn2)cc1. The van der Waals surface area contributed by atoms with Crippen LogP contribution in [0.25, 0.3) is 11.3 Å². The molecule has 1 aromatic carbocycles. The van der Waals surface area contributed by atoms with Crippen LogP contribution in [0.2, 0.25) is 0 Å². The van der Waals surface area contributed by atoms with Crippen LogP contribution in [0.4, 0.5) is 0 Å². The molecule has 18 heavy (non-hydrogen) atoms. The third kappa shape index (κ3) is 2.74. The minimum Gasteiger partial charge on any atom is -0.462 e. The number of hydrogen-bond donors (Lipinski definition) is 0. The van der Waals surface area contributed by atoms with Crippen molar-refractivity contribution < 1.29 is 9.53 Å². The molecule has 0 N–H and O–H groups in total. The molecule has 0 spiro atoms. The largest absolute Gasteiger partial charge is 0.462 e. The van der Waals surface area contributed by atoms with Gasteiger partial charge in [-0.1, -0.05) is 12.1 Å². The molecule has 0 aliphatic carbocycles. The second-order valence-corrected chi connectivity index (χ2v) is 4.02. The van der Waals surface area contributed by atoms with Crippen LogP contribution in [0.1, 0.15) is 22.8 Å².